The highest BCUT2D eigenvalue weighted by molar-refractivity contribution is 5.85. The molecule has 9 heavy (non-hydrogen) atoms. The van der Waals surface area contributed by atoms with Crippen LogP contribution in [0.1, 0.15) is 6.42 Å². The van der Waals surface area contributed by atoms with Gasteiger partial charge in [0.1, 0.15) is 0 Å². The van der Waals surface area contributed by atoms with Crippen molar-refractivity contribution in [1.82, 2.24) is 5.32 Å². The van der Waals surface area contributed by atoms with E-state index in [1.54, 1.807) is 0 Å². The van der Waals surface area contributed by atoms with Crippen molar-refractivity contribution in [2.24, 2.45) is 0 Å². The molecule has 1 heterocycles. The Balaban J connectivity index is 2.39. The van der Waals surface area contributed by atoms with Gasteiger partial charge in [-0.1, -0.05) is 0 Å². The monoisotopic (exact) mass is 129 g/mol. The maximum absolute atomic E-state index is 10.6. The van der Waals surface area contributed by atoms with Gasteiger partial charge in [0.25, 0.3) is 0 Å². The first-order valence-electron chi connectivity index (χ1n) is 2.68. The van der Waals surface area contributed by atoms with Crippen molar-refractivity contribution < 1.29 is 14.3 Å². The molecule has 1 fully saturated rings. The molecule has 0 aromatic heterocycles. The van der Waals surface area contributed by atoms with Crippen molar-refractivity contribution in [1.29, 1.82) is 0 Å². The van der Waals surface area contributed by atoms with Crippen LogP contribution >= 0.6 is 0 Å². The maximum Gasteiger partial charge on any atom is 0.209 e. The molecule has 1 aliphatic rings. The molecule has 4 nitrogen and oxygen atoms in total. The number of ether oxygens (including phenoxy) is 1. The number of ketones is 1. The first-order chi connectivity index (χ1) is 4.34. The minimum Gasteiger partial charge on any atom is -0.351 e. The summed E-state index contributed by atoms with van der Waals surface area (Å²) in [5.74, 6) is -0.0536. The Bertz CT molecular complexity index is 134. The lowest BCUT2D eigenvalue weighted by atomic mass is 10.3. The SMILES string of the molecule is O=CNC1OCCC1=O. The number of hydrogen-bond acceptors (Lipinski definition) is 3. The summed E-state index contributed by atoms with van der Waals surface area (Å²) in [5, 5.41) is 2.24. The Morgan fingerprint density at radius 1 is 1.78 bits per heavy atom. The second-order valence-corrected chi connectivity index (χ2v) is 1.75. The van der Waals surface area contributed by atoms with E-state index in [-0.39, 0.29) is 5.78 Å². The highest BCUT2D eigenvalue weighted by Crippen LogP contribution is 2.03. The Morgan fingerprint density at radius 3 is 3.00 bits per heavy atom. The molecule has 1 N–H and O–H groups in total. The fraction of sp³-hybridized carbons (Fsp3) is 0.600. The normalized spacial score (nSPS) is 26.2. The van der Waals surface area contributed by atoms with Crippen molar-refractivity contribution >= 4 is 12.2 Å². The zero-order valence-corrected chi connectivity index (χ0v) is 4.79. The molecule has 0 aromatic carbocycles. The van der Waals surface area contributed by atoms with E-state index >= 15 is 0 Å². The summed E-state index contributed by atoms with van der Waals surface area (Å²) in [7, 11) is 0. The molecule has 0 spiro atoms. The Hall–Kier alpha value is -0.900. The third-order valence-electron chi connectivity index (χ3n) is 1.14. The van der Waals surface area contributed by atoms with Gasteiger partial charge in [0.05, 0.1) is 6.61 Å². The Labute approximate surface area is 52.2 Å². The lowest BCUT2D eigenvalue weighted by Gasteiger charge is -2.03. The van der Waals surface area contributed by atoms with Crippen LogP contribution in [0.4, 0.5) is 0 Å². The summed E-state index contributed by atoms with van der Waals surface area (Å²) in [4.78, 5) is 20.4. The van der Waals surface area contributed by atoms with E-state index in [0.717, 1.165) is 0 Å². The van der Waals surface area contributed by atoms with Crippen LogP contribution < -0.4 is 5.32 Å². The molecule has 0 bridgehead atoms. The first-order valence-corrected chi connectivity index (χ1v) is 2.68. The molecular formula is C5H7NO3. The van der Waals surface area contributed by atoms with Gasteiger partial charge in [-0.3, -0.25) is 9.59 Å². The highest BCUT2D eigenvalue weighted by atomic mass is 16.5. The van der Waals surface area contributed by atoms with Crippen LogP contribution in [0.15, 0.2) is 0 Å². The van der Waals surface area contributed by atoms with E-state index in [4.69, 9.17) is 4.74 Å². The van der Waals surface area contributed by atoms with Crippen LogP contribution in [0.5, 0.6) is 0 Å². The lowest BCUT2D eigenvalue weighted by molar-refractivity contribution is -0.127. The molecule has 1 saturated heterocycles. The predicted molar refractivity (Wildman–Crippen MR) is 28.6 cm³/mol. The van der Waals surface area contributed by atoms with Crippen LogP contribution in [-0.2, 0) is 14.3 Å². The lowest BCUT2D eigenvalue weighted by Crippen LogP contribution is -2.32. The number of hydrogen-bond donors (Lipinski definition) is 1. The molecule has 1 unspecified atom stereocenters. The van der Waals surface area contributed by atoms with E-state index in [1.807, 2.05) is 0 Å². The molecule has 1 amide bonds. The largest absolute Gasteiger partial charge is 0.351 e. The van der Waals surface area contributed by atoms with E-state index in [0.29, 0.717) is 19.4 Å². The fourth-order valence-corrected chi connectivity index (χ4v) is 0.704. The molecule has 0 aliphatic carbocycles. The van der Waals surface area contributed by atoms with Crippen molar-refractivity contribution in [2.45, 2.75) is 12.6 Å². The smallest absolute Gasteiger partial charge is 0.209 e. The van der Waals surface area contributed by atoms with E-state index in [1.165, 1.54) is 0 Å². The zero-order chi connectivity index (χ0) is 6.69. The molecule has 0 radical (unpaired) electrons. The molecular weight excluding hydrogens is 122 g/mol. The zero-order valence-electron chi connectivity index (χ0n) is 4.79. The summed E-state index contributed by atoms with van der Waals surface area (Å²) >= 11 is 0. The Morgan fingerprint density at radius 2 is 2.56 bits per heavy atom. The number of carbonyl (C=O) groups is 2. The average Bonchev–Trinajstić information content (AvgIpc) is 2.18. The van der Waals surface area contributed by atoms with Crippen LogP contribution in [0.3, 0.4) is 0 Å². The van der Waals surface area contributed by atoms with Crippen molar-refractivity contribution in [2.75, 3.05) is 6.61 Å². The highest BCUT2D eigenvalue weighted by Gasteiger charge is 2.23. The van der Waals surface area contributed by atoms with E-state index < -0.39 is 6.23 Å². The third kappa shape index (κ3) is 1.26. The van der Waals surface area contributed by atoms with Gasteiger partial charge in [-0.15, -0.1) is 0 Å². The second-order valence-electron chi connectivity index (χ2n) is 1.75. The molecule has 4 heteroatoms. The summed E-state index contributed by atoms with van der Waals surface area (Å²) in [5.41, 5.74) is 0. The van der Waals surface area contributed by atoms with Crippen LogP contribution in [0.2, 0.25) is 0 Å². The molecule has 1 rings (SSSR count). The van der Waals surface area contributed by atoms with Gasteiger partial charge in [-0.05, 0) is 0 Å². The fourth-order valence-electron chi connectivity index (χ4n) is 0.704. The van der Waals surface area contributed by atoms with Crippen molar-refractivity contribution in [3.05, 3.63) is 0 Å². The topological polar surface area (TPSA) is 55.4 Å². The molecule has 1 atom stereocenters. The number of Topliss-reactive ketones (excluding diaryl/α,β-unsaturated/α-hetero) is 1. The molecule has 1 aliphatic heterocycles. The standard InChI is InChI=1S/C5H7NO3/c7-3-6-5-4(8)1-2-9-5/h3,5H,1-2H2,(H,6,7). The van der Waals surface area contributed by atoms with Gasteiger partial charge in [0.15, 0.2) is 12.0 Å². The summed E-state index contributed by atoms with van der Waals surface area (Å²) in [6.45, 7) is 0.421. The quantitative estimate of drug-likeness (QED) is 0.489. The van der Waals surface area contributed by atoms with Crippen LogP contribution in [-0.4, -0.2) is 25.0 Å². The second kappa shape index (κ2) is 2.59. The molecule has 0 aromatic rings. The van der Waals surface area contributed by atoms with E-state index in [2.05, 4.69) is 5.32 Å². The van der Waals surface area contributed by atoms with Crippen LogP contribution in [0, 0.1) is 0 Å². The molecule has 50 valence electrons. The summed E-state index contributed by atoms with van der Waals surface area (Å²) in [6.07, 6.45) is 0.196. The number of rotatable bonds is 2. The first kappa shape index (κ1) is 6.22. The van der Waals surface area contributed by atoms with Gasteiger partial charge in [-0.2, -0.15) is 0 Å². The number of carbonyl (C=O) groups excluding carboxylic acids is 2. The number of amides is 1. The van der Waals surface area contributed by atoms with E-state index in [9.17, 15) is 9.59 Å². The summed E-state index contributed by atoms with van der Waals surface area (Å²) in [6, 6.07) is 0. The maximum atomic E-state index is 10.6. The molecule has 0 saturated carbocycles. The average molecular weight is 129 g/mol. The third-order valence-corrected chi connectivity index (χ3v) is 1.14. The van der Waals surface area contributed by atoms with Gasteiger partial charge >= 0.3 is 0 Å². The van der Waals surface area contributed by atoms with Crippen molar-refractivity contribution in [3.63, 3.8) is 0 Å². The number of nitrogens with one attached hydrogen (secondary N) is 1. The van der Waals surface area contributed by atoms with Gasteiger partial charge in [0, 0.05) is 6.42 Å². The van der Waals surface area contributed by atoms with Crippen LogP contribution in [0.25, 0.3) is 0 Å². The Kier molecular flexibility index (Phi) is 1.79. The predicted octanol–water partition coefficient (Wildman–Crippen LogP) is -0.952. The minimum absolute atomic E-state index is 0.0536. The minimum atomic E-state index is -0.678. The summed E-state index contributed by atoms with van der Waals surface area (Å²) < 4.78 is 4.81. The van der Waals surface area contributed by atoms with Gasteiger partial charge < -0.3 is 10.1 Å². The van der Waals surface area contributed by atoms with Gasteiger partial charge in [0.2, 0.25) is 6.41 Å². The van der Waals surface area contributed by atoms with Gasteiger partial charge in [-0.25, -0.2) is 0 Å². The van der Waals surface area contributed by atoms with Crippen molar-refractivity contribution in [3.8, 4) is 0 Å².